The number of alkyl halides is 3. The molecule has 2 aromatic heterocycles. The minimum Gasteiger partial charge on any atom is -0.261 e. The molecule has 2 rings (SSSR count). The van der Waals surface area contributed by atoms with Gasteiger partial charge in [0.1, 0.15) is 5.69 Å². The monoisotopic (exact) mass is 336 g/mol. The van der Waals surface area contributed by atoms with Crippen LogP contribution in [-0.4, -0.2) is 9.97 Å². The zero-order chi connectivity index (χ0) is 18.2. The Morgan fingerprint density at radius 2 is 1.38 bits per heavy atom. The lowest BCUT2D eigenvalue weighted by Crippen LogP contribution is -2.22. The first-order valence-corrected chi connectivity index (χ1v) is 7.89. The number of rotatable bonds is 3. The van der Waals surface area contributed by atoms with Gasteiger partial charge in [0.05, 0.1) is 0 Å². The Morgan fingerprint density at radius 3 is 1.79 bits per heavy atom. The van der Waals surface area contributed by atoms with Crippen LogP contribution in [0, 0.1) is 0 Å². The lowest BCUT2D eigenvalue weighted by molar-refractivity contribution is -0.141. The molecule has 2 heterocycles. The first-order valence-electron chi connectivity index (χ1n) is 7.89. The van der Waals surface area contributed by atoms with Crippen LogP contribution < -0.4 is 0 Å². The van der Waals surface area contributed by atoms with Crippen molar-refractivity contribution in [2.24, 2.45) is 0 Å². The Kier molecular flexibility index (Phi) is 4.75. The minimum atomic E-state index is -4.41. The van der Waals surface area contributed by atoms with Crippen molar-refractivity contribution in [3.63, 3.8) is 0 Å². The molecule has 130 valence electrons. The van der Waals surface area contributed by atoms with E-state index in [4.69, 9.17) is 0 Å². The van der Waals surface area contributed by atoms with Crippen molar-refractivity contribution in [1.82, 2.24) is 9.97 Å². The van der Waals surface area contributed by atoms with E-state index in [1.54, 1.807) is 0 Å². The third-order valence-corrected chi connectivity index (χ3v) is 4.15. The van der Waals surface area contributed by atoms with Crippen molar-refractivity contribution < 1.29 is 13.2 Å². The summed E-state index contributed by atoms with van der Waals surface area (Å²) in [4.78, 5) is 8.07. The third-order valence-electron chi connectivity index (χ3n) is 4.15. The molecule has 0 fully saturated rings. The lowest BCUT2D eigenvalue weighted by Gasteiger charge is -2.25. The SMILES string of the molecule is CC(C)(C)c1ccc(CC(C)(C)c2ccc(C(F)(F)F)nc2)nc1. The number of hydrogen-bond acceptors (Lipinski definition) is 2. The molecule has 0 aromatic carbocycles. The van der Waals surface area contributed by atoms with Crippen LogP contribution in [0.5, 0.6) is 0 Å². The van der Waals surface area contributed by atoms with E-state index in [0.717, 1.165) is 22.9 Å². The van der Waals surface area contributed by atoms with Gasteiger partial charge in [0.2, 0.25) is 0 Å². The second-order valence-electron chi connectivity index (χ2n) is 7.78. The maximum atomic E-state index is 12.6. The first-order chi connectivity index (χ1) is 10.9. The van der Waals surface area contributed by atoms with E-state index in [0.29, 0.717) is 6.42 Å². The molecule has 0 N–H and O–H groups in total. The van der Waals surface area contributed by atoms with Gasteiger partial charge in [0.25, 0.3) is 0 Å². The van der Waals surface area contributed by atoms with Crippen LogP contribution in [-0.2, 0) is 23.4 Å². The van der Waals surface area contributed by atoms with Crippen LogP contribution in [0.15, 0.2) is 36.7 Å². The molecule has 5 heteroatoms. The fourth-order valence-corrected chi connectivity index (χ4v) is 2.49. The predicted octanol–water partition coefficient (Wildman–Crippen LogP) is 5.31. The smallest absolute Gasteiger partial charge is 0.261 e. The van der Waals surface area contributed by atoms with Gasteiger partial charge in [-0.3, -0.25) is 9.97 Å². The van der Waals surface area contributed by atoms with Gasteiger partial charge in [-0.25, -0.2) is 0 Å². The molecular formula is C19H23F3N2. The fourth-order valence-electron chi connectivity index (χ4n) is 2.49. The average molecular weight is 336 g/mol. The van der Waals surface area contributed by atoms with Gasteiger partial charge in [0, 0.05) is 18.1 Å². The van der Waals surface area contributed by atoms with Crippen LogP contribution >= 0.6 is 0 Å². The van der Waals surface area contributed by atoms with Crippen molar-refractivity contribution in [3.05, 3.63) is 59.2 Å². The number of nitrogens with zero attached hydrogens (tertiary/aromatic N) is 2. The lowest BCUT2D eigenvalue weighted by atomic mass is 9.81. The fraction of sp³-hybridized carbons (Fsp3) is 0.474. The molecule has 0 radical (unpaired) electrons. The Balaban J connectivity index is 2.18. The molecule has 2 nitrogen and oxygen atoms in total. The van der Waals surface area contributed by atoms with Crippen molar-refractivity contribution in [2.45, 2.75) is 58.0 Å². The van der Waals surface area contributed by atoms with Crippen molar-refractivity contribution in [3.8, 4) is 0 Å². The highest BCUT2D eigenvalue weighted by Gasteiger charge is 2.33. The Labute approximate surface area is 141 Å². The summed E-state index contributed by atoms with van der Waals surface area (Å²) in [7, 11) is 0. The van der Waals surface area contributed by atoms with E-state index >= 15 is 0 Å². The molecule has 2 aromatic rings. The van der Waals surface area contributed by atoms with Crippen LogP contribution in [0.4, 0.5) is 13.2 Å². The molecule has 0 amide bonds. The summed E-state index contributed by atoms with van der Waals surface area (Å²) in [6.45, 7) is 10.3. The summed E-state index contributed by atoms with van der Waals surface area (Å²) in [5, 5.41) is 0. The van der Waals surface area contributed by atoms with Crippen LogP contribution in [0.25, 0.3) is 0 Å². The molecule has 0 aliphatic carbocycles. The Morgan fingerprint density at radius 1 is 0.792 bits per heavy atom. The molecule has 0 unspecified atom stereocenters. The largest absolute Gasteiger partial charge is 0.433 e. The van der Waals surface area contributed by atoms with Gasteiger partial charge < -0.3 is 0 Å². The molecule has 0 saturated heterocycles. The zero-order valence-electron chi connectivity index (χ0n) is 14.7. The summed E-state index contributed by atoms with van der Waals surface area (Å²) >= 11 is 0. The van der Waals surface area contributed by atoms with Crippen molar-refractivity contribution in [2.75, 3.05) is 0 Å². The van der Waals surface area contributed by atoms with Gasteiger partial charge in [-0.15, -0.1) is 0 Å². The van der Waals surface area contributed by atoms with Crippen molar-refractivity contribution >= 4 is 0 Å². The summed E-state index contributed by atoms with van der Waals surface area (Å²) in [5.74, 6) is 0. The topological polar surface area (TPSA) is 25.8 Å². The zero-order valence-corrected chi connectivity index (χ0v) is 14.7. The van der Waals surface area contributed by atoms with Crippen molar-refractivity contribution in [1.29, 1.82) is 0 Å². The minimum absolute atomic E-state index is 0.0401. The molecule has 0 atom stereocenters. The molecule has 0 aliphatic heterocycles. The molecule has 24 heavy (non-hydrogen) atoms. The Hall–Kier alpha value is -1.91. The molecule has 0 bridgehead atoms. The molecular weight excluding hydrogens is 313 g/mol. The highest BCUT2D eigenvalue weighted by atomic mass is 19.4. The van der Waals surface area contributed by atoms with Crippen LogP contribution in [0.2, 0.25) is 0 Å². The van der Waals surface area contributed by atoms with E-state index in [1.807, 2.05) is 26.1 Å². The summed E-state index contributed by atoms with van der Waals surface area (Å²) in [5.41, 5.74) is 1.64. The maximum Gasteiger partial charge on any atom is 0.433 e. The van der Waals surface area contributed by atoms with Crippen LogP contribution in [0.1, 0.15) is 57.1 Å². The van der Waals surface area contributed by atoms with E-state index in [2.05, 4.69) is 36.8 Å². The highest BCUT2D eigenvalue weighted by molar-refractivity contribution is 5.27. The average Bonchev–Trinajstić information content (AvgIpc) is 2.46. The number of aromatic nitrogens is 2. The second kappa shape index (κ2) is 6.19. The molecule has 0 aliphatic rings. The number of halogens is 3. The van der Waals surface area contributed by atoms with Gasteiger partial charge in [-0.2, -0.15) is 13.2 Å². The quantitative estimate of drug-likeness (QED) is 0.759. The van der Waals surface area contributed by atoms with E-state index in [9.17, 15) is 13.2 Å². The number of pyridine rings is 2. The first kappa shape index (κ1) is 18.4. The van der Waals surface area contributed by atoms with E-state index in [1.165, 1.54) is 12.3 Å². The molecule has 0 spiro atoms. The third kappa shape index (κ3) is 4.34. The summed E-state index contributed by atoms with van der Waals surface area (Å²) < 4.78 is 37.9. The standard InChI is InChI=1S/C19H23F3N2/c1-17(2,3)13-6-8-15(23-11-13)10-18(4,5)14-7-9-16(24-12-14)19(20,21)22/h6-9,11-12H,10H2,1-5H3. The van der Waals surface area contributed by atoms with Gasteiger partial charge in [-0.1, -0.05) is 46.8 Å². The van der Waals surface area contributed by atoms with E-state index < -0.39 is 11.9 Å². The van der Waals surface area contributed by atoms with Gasteiger partial charge >= 0.3 is 6.18 Å². The van der Waals surface area contributed by atoms with Gasteiger partial charge in [-0.05, 0) is 40.5 Å². The highest BCUT2D eigenvalue weighted by Crippen LogP contribution is 2.31. The summed E-state index contributed by atoms with van der Waals surface area (Å²) in [6, 6.07) is 6.58. The normalized spacial score (nSPS) is 13.2. The second-order valence-corrected chi connectivity index (χ2v) is 7.78. The summed E-state index contributed by atoms with van der Waals surface area (Å²) in [6.07, 6.45) is -0.597. The maximum absolute atomic E-state index is 12.6. The predicted molar refractivity (Wildman–Crippen MR) is 88.9 cm³/mol. The molecule has 0 saturated carbocycles. The van der Waals surface area contributed by atoms with Crippen LogP contribution in [0.3, 0.4) is 0 Å². The van der Waals surface area contributed by atoms with E-state index in [-0.39, 0.29) is 10.8 Å². The van der Waals surface area contributed by atoms with Gasteiger partial charge in [0.15, 0.2) is 0 Å². The Bertz CT molecular complexity index is 679. The number of hydrogen-bond donors (Lipinski definition) is 0.